The number of hydrogen-bond acceptors (Lipinski definition) is 6. The molecule has 0 saturated carbocycles. The lowest BCUT2D eigenvalue weighted by Gasteiger charge is -2.28. The van der Waals surface area contributed by atoms with Crippen LogP contribution in [0.3, 0.4) is 0 Å². The number of nitrogens with zero attached hydrogens (tertiary/aromatic N) is 4. The lowest BCUT2D eigenvalue weighted by molar-refractivity contribution is -0.384. The quantitative estimate of drug-likeness (QED) is 0.100. The molecule has 0 aliphatic carbocycles. The van der Waals surface area contributed by atoms with Crippen LogP contribution in [0.5, 0.6) is 0 Å². The number of pyridine rings is 1. The third-order valence-electron chi connectivity index (χ3n) is 7.98. The van der Waals surface area contributed by atoms with Gasteiger partial charge in [-0.25, -0.2) is 4.79 Å². The molecular weight excluding hydrogens is 607 g/mol. The Labute approximate surface area is 269 Å². The van der Waals surface area contributed by atoms with Crippen LogP contribution in [0.25, 0.3) is 5.69 Å². The molecule has 0 amide bonds. The first kappa shape index (κ1) is 30.0. The number of thiocarbonyl (C=S) groups is 1. The summed E-state index contributed by atoms with van der Waals surface area (Å²) in [5.41, 5.74) is 6.82. The molecule has 3 heterocycles. The molecule has 0 radical (unpaired) electrons. The average Bonchev–Trinajstić information content (AvgIpc) is 3.53. The van der Waals surface area contributed by atoms with Crippen molar-refractivity contribution < 1.29 is 14.8 Å². The van der Waals surface area contributed by atoms with E-state index in [1.54, 1.807) is 30.5 Å². The van der Waals surface area contributed by atoms with Crippen molar-refractivity contribution in [1.82, 2.24) is 14.9 Å². The fourth-order valence-electron chi connectivity index (χ4n) is 5.84. The maximum absolute atomic E-state index is 11.8. The molecule has 0 unspecified atom stereocenters. The molecule has 1 fully saturated rings. The van der Waals surface area contributed by atoms with Crippen molar-refractivity contribution >= 4 is 46.4 Å². The van der Waals surface area contributed by atoms with Crippen LogP contribution in [-0.2, 0) is 0 Å². The van der Waals surface area contributed by atoms with Crippen molar-refractivity contribution in [1.29, 1.82) is 0 Å². The van der Waals surface area contributed by atoms with E-state index in [4.69, 9.17) is 12.2 Å². The molecule has 0 bridgehead atoms. The van der Waals surface area contributed by atoms with Gasteiger partial charge in [0.05, 0.1) is 28.3 Å². The van der Waals surface area contributed by atoms with Crippen molar-refractivity contribution in [3.63, 3.8) is 0 Å². The molecule has 6 rings (SSSR count). The Balaban J connectivity index is 1.40. The maximum atomic E-state index is 11.8. The summed E-state index contributed by atoms with van der Waals surface area (Å²) in [6.45, 7) is 6.05. The molecule has 1 aliphatic rings. The van der Waals surface area contributed by atoms with Gasteiger partial charge in [0.15, 0.2) is 5.11 Å². The summed E-state index contributed by atoms with van der Waals surface area (Å²) in [6.07, 6.45) is 1.77. The number of nitrogens with one attached hydrogen (secondary N) is 1. The number of benzene rings is 3. The zero-order valence-electron chi connectivity index (χ0n) is 24.7. The minimum atomic E-state index is -0.971. The first-order chi connectivity index (χ1) is 21.6. The SMILES string of the molecule is Cc1ccc(C(=O)O)cc1-n1c(C)cc([C@@H]2[C@H](c3ccccn3)NC(=S)N2c2ccc(Sc3ccc([N+](=O)[O-])cc3)cc2)c1C. The number of aromatic nitrogens is 2. The van der Waals surface area contributed by atoms with Gasteiger partial charge in [0.25, 0.3) is 5.69 Å². The highest BCUT2D eigenvalue weighted by molar-refractivity contribution is 7.99. The second kappa shape index (κ2) is 12.2. The number of nitro groups is 1. The van der Waals surface area contributed by atoms with Gasteiger partial charge in [-0.15, -0.1) is 0 Å². The summed E-state index contributed by atoms with van der Waals surface area (Å²) in [4.78, 5) is 31.1. The first-order valence-corrected chi connectivity index (χ1v) is 15.4. The molecule has 45 heavy (non-hydrogen) atoms. The maximum Gasteiger partial charge on any atom is 0.335 e. The van der Waals surface area contributed by atoms with Crippen LogP contribution in [0.15, 0.2) is 107 Å². The highest BCUT2D eigenvalue weighted by Crippen LogP contribution is 2.44. The monoisotopic (exact) mass is 635 g/mol. The lowest BCUT2D eigenvalue weighted by Crippen LogP contribution is -2.29. The topological polar surface area (TPSA) is 114 Å². The zero-order chi connectivity index (χ0) is 31.8. The van der Waals surface area contributed by atoms with Crippen molar-refractivity contribution in [2.45, 2.75) is 42.6 Å². The number of carbonyl (C=O) groups is 1. The number of hydrogen-bond donors (Lipinski definition) is 2. The standard InChI is InChI=1S/C34H29N5O4S2/c1-20-7-8-23(33(40)41)19-30(20)37-21(2)18-28(22(37)3)32-31(29-6-4-5-17-35-29)36-34(44)38(32)24-9-13-26(14-10-24)45-27-15-11-25(12-16-27)39(42)43/h4-19,31-32H,1-3H3,(H,36,44)(H,40,41)/t31-,32+/m0/s1. The molecule has 1 aliphatic heterocycles. The molecule has 226 valence electrons. The summed E-state index contributed by atoms with van der Waals surface area (Å²) in [6, 6.07) is 27.2. The second-order valence-corrected chi connectivity index (χ2v) is 12.3. The number of nitro benzene ring substituents is 1. The van der Waals surface area contributed by atoms with E-state index in [1.165, 1.54) is 23.9 Å². The fraction of sp³-hybridized carbons (Fsp3) is 0.147. The molecule has 2 atom stereocenters. The molecule has 3 aromatic carbocycles. The van der Waals surface area contributed by atoms with Crippen LogP contribution in [0.4, 0.5) is 11.4 Å². The predicted octanol–water partition coefficient (Wildman–Crippen LogP) is 7.73. The van der Waals surface area contributed by atoms with Crippen molar-refractivity contribution in [3.05, 3.63) is 141 Å². The molecule has 11 heteroatoms. The van der Waals surface area contributed by atoms with Crippen LogP contribution in [-0.4, -0.2) is 30.7 Å². The number of carboxylic acids is 1. The van der Waals surface area contributed by atoms with Gasteiger partial charge in [-0.2, -0.15) is 0 Å². The van der Waals surface area contributed by atoms with Gasteiger partial charge in [0, 0.05) is 50.9 Å². The number of anilines is 1. The van der Waals surface area contributed by atoms with E-state index in [0.717, 1.165) is 49.4 Å². The van der Waals surface area contributed by atoms with Crippen LogP contribution in [0, 0.1) is 30.9 Å². The van der Waals surface area contributed by atoms with Gasteiger partial charge in [0.1, 0.15) is 0 Å². The summed E-state index contributed by atoms with van der Waals surface area (Å²) in [7, 11) is 0. The van der Waals surface area contributed by atoms with Gasteiger partial charge < -0.3 is 19.9 Å². The Morgan fingerprint density at radius 1 is 0.978 bits per heavy atom. The van der Waals surface area contributed by atoms with Crippen molar-refractivity contribution in [2.24, 2.45) is 0 Å². The molecule has 2 N–H and O–H groups in total. The Morgan fingerprint density at radius 3 is 2.29 bits per heavy atom. The Bertz CT molecular complexity index is 1930. The Morgan fingerprint density at radius 2 is 1.67 bits per heavy atom. The molecule has 1 saturated heterocycles. The highest BCUT2D eigenvalue weighted by Gasteiger charge is 2.42. The van der Waals surface area contributed by atoms with E-state index in [9.17, 15) is 20.0 Å². The van der Waals surface area contributed by atoms with Gasteiger partial charge in [-0.1, -0.05) is 23.9 Å². The number of rotatable bonds is 8. The van der Waals surface area contributed by atoms with E-state index in [1.807, 2.05) is 69.3 Å². The largest absolute Gasteiger partial charge is 0.478 e. The number of non-ortho nitro benzene ring substituents is 1. The van der Waals surface area contributed by atoms with Crippen LogP contribution in [0.2, 0.25) is 0 Å². The third-order valence-corrected chi connectivity index (χ3v) is 9.31. The van der Waals surface area contributed by atoms with Gasteiger partial charge in [-0.3, -0.25) is 15.1 Å². The van der Waals surface area contributed by atoms with Gasteiger partial charge in [-0.05, 0) is 111 Å². The normalized spacial score (nSPS) is 16.1. The average molecular weight is 636 g/mol. The van der Waals surface area contributed by atoms with E-state index in [0.29, 0.717) is 5.11 Å². The van der Waals surface area contributed by atoms with E-state index >= 15 is 0 Å². The van der Waals surface area contributed by atoms with Gasteiger partial charge in [0.2, 0.25) is 0 Å². The van der Waals surface area contributed by atoms with Crippen LogP contribution >= 0.6 is 24.0 Å². The summed E-state index contributed by atoms with van der Waals surface area (Å²) < 4.78 is 2.11. The molecule has 2 aromatic heterocycles. The minimum absolute atomic E-state index is 0.0577. The molecule has 9 nitrogen and oxygen atoms in total. The molecule has 0 spiro atoms. The lowest BCUT2D eigenvalue weighted by atomic mass is 9.96. The van der Waals surface area contributed by atoms with Crippen LogP contribution < -0.4 is 10.2 Å². The Kier molecular flexibility index (Phi) is 8.13. The summed E-state index contributed by atoms with van der Waals surface area (Å²) in [5, 5.41) is 24.8. The molecular formula is C34H29N5O4S2. The van der Waals surface area contributed by atoms with E-state index in [-0.39, 0.29) is 23.3 Å². The van der Waals surface area contributed by atoms with E-state index < -0.39 is 10.9 Å². The first-order valence-electron chi connectivity index (χ1n) is 14.2. The van der Waals surface area contributed by atoms with E-state index in [2.05, 4.69) is 25.8 Å². The number of aryl methyl sites for hydroxylation is 2. The number of aromatic carboxylic acids is 1. The molecule has 5 aromatic rings. The van der Waals surface area contributed by atoms with Crippen molar-refractivity contribution in [3.8, 4) is 5.69 Å². The zero-order valence-corrected chi connectivity index (χ0v) is 26.3. The second-order valence-electron chi connectivity index (χ2n) is 10.8. The number of carboxylic acid groups (broad SMARTS) is 1. The fourth-order valence-corrected chi connectivity index (χ4v) is 7.00. The highest BCUT2D eigenvalue weighted by atomic mass is 32.2. The minimum Gasteiger partial charge on any atom is -0.478 e. The van der Waals surface area contributed by atoms with Crippen LogP contribution in [0.1, 0.15) is 50.7 Å². The smallest absolute Gasteiger partial charge is 0.335 e. The van der Waals surface area contributed by atoms with Crippen molar-refractivity contribution in [2.75, 3.05) is 4.90 Å². The Hall–Kier alpha value is -5.00. The third kappa shape index (κ3) is 5.79. The summed E-state index contributed by atoms with van der Waals surface area (Å²) >= 11 is 7.47. The predicted molar refractivity (Wildman–Crippen MR) is 179 cm³/mol. The van der Waals surface area contributed by atoms with Gasteiger partial charge >= 0.3 is 5.97 Å². The summed E-state index contributed by atoms with van der Waals surface area (Å²) in [5.74, 6) is -0.971.